The van der Waals surface area contributed by atoms with Gasteiger partial charge in [-0.25, -0.2) is 0 Å². The van der Waals surface area contributed by atoms with Crippen LogP contribution in [0.3, 0.4) is 0 Å². The summed E-state index contributed by atoms with van der Waals surface area (Å²) in [5, 5.41) is 35.1. The number of fused-ring (bicyclic) bond motifs is 4. The fourth-order valence-corrected chi connectivity index (χ4v) is 7.52. The molecule has 6 atom stereocenters. The molecule has 15 heteroatoms. The fourth-order valence-electron chi connectivity index (χ4n) is 6.68. The molecule has 0 saturated heterocycles. The number of carbonyl (C=O) groups is 3. The summed E-state index contributed by atoms with van der Waals surface area (Å²) in [6.07, 6.45) is 11.7. The first-order valence-electron chi connectivity index (χ1n) is 17.7. The molecule has 49 heavy (non-hydrogen) atoms. The number of thioether (sulfide) groups is 1. The molecule has 4 rings (SSSR count). The van der Waals surface area contributed by atoms with Crippen molar-refractivity contribution in [2.75, 3.05) is 25.5 Å². The van der Waals surface area contributed by atoms with Gasteiger partial charge < -0.3 is 37.0 Å². The van der Waals surface area contributed by atoms with Crippen LogP contribution in [0, 0.1) is 11.8 Å². The Morgan fingerprint density at radius 1 is 0.918 bits per heavy atom. The van der Waals surface area contributed by atoms with E-state index in [1.54, 1.807) is 6.92 Å². The van der Waals surface area contributed by atoms with Gasteiger partial charge in [-0.1, -0.05) is 78.1 Å². The quantitative estimate of drug-likeness (QED) is 0.111. The predicted octanol–water partition coefficient (Wildman–Crippen LogP) is 7.79. The second kappa shape index (κ2) is 24.2. The number of hydrogen-bond acceptors (Lipinski definition) is 5. The molecule has 0 radical (unpaired) electrons. The summed E-state index contributed by atoms with van der Waals surface area (Å²) >= 11 is 1.44. The van der Waals surface area contributed by atoms with Crippen LogP contribution < -0.4 is 10.6 Å². The number of pyridine rings is 1. The zero-order valence-electron chi connectivity index (χ0n) is 28.8. The summed E-state index contributed by atoms with van der Waals surface area (Å²) in [6.45, 7) is 6.24. The molecule has 1 aromatic heterocycles. The van der Waals surface area contributed by atoms with Crippen molar-refractivity contribution in [3.8, 4) is 0 Å². The number of nitrogens with one attached hydrogen (secondary N) is 2. The molecular formula is C34H53Cl2MnN7O4S-4. The van der Waals surface area contributed by atoms with Gasteiger partial charge in [-0.05, 0) is 25.0 Å². The number of carboxylic acids is 1. The summed E-state index contributed by atoms with van der Waals surface area (Å²) in [4.78, 5) is 42.7. The molecule has 2 heterocycles. The molecule has 279 valence electrons. The van der Waals surface area contributed by atoms with E-state index in [0.29, 0.717) is 19.5 Å². The molecule has 1 aliphatic heterocycles. The third-order valence-electron chi connectivity index (χ3n) is 9.35. The summed E-state index contributed by atoms with van der Waals surface area (Å²) < 4.78 is 0. The first kappa shape index (κ1) is 42.3. The molecule has 3 N–H and O–H groups in total. The minimum absolute atomic E-state index is 0.00694. The van der Waals surface area contributed by atoms with Gasteiger partial charge in [-0.15, -0.1) is 24.9 Å². The van der Waals surface area contributed by atoms with Gasteiger partial charge in [-0.3, -0.25) is 19.4 Å². The van der Waals surface area contributed by atoms with Gasteiger partial charge in [0.25, 0.3) is 0 Å². The number of halogens is 2. The topological polar surface area (TPSA) is 165 Å². The van der Waals surface area contributed by atoms with Gasteiger partial charge in [0, 0.05) is 22.2 Å². The summed E-state index contributed by atoms with van der Waals surface area (Å²) in [5.41, 5.74) is 1.78. The Labute approximate surface area is 311 Å². The fraction of sp³-hybridized carbons (Fsp3) is 0.765. The maximum atomic E-state index is 12.8. The Morgan fingerprint density at radius 2 is 1.43 bits per heavy atom. The van der Waals surface area contributed by atoms with Crippen LogP contribution in [0.1, 0.15) is 102 Å². The minimum atomic E-state index is -0.906. The number of carboxylic acid groups (broad SMARTS) is 1. The van der Waals surface area contributed by atoms with Gasteiger partial charge in [-0.2, -0.15) is 37.3 Å². The number of aromatic nitrogens is 1. The number of rotatable bonds is 12. The first-order chi connectivity index (χ1) is 23.7. The number of aliphatic carboxylic acids is 1. The second-order valence-electron chi connectivity index (χ2n) is 13.1. The van der Waals surface area contributed by atoms with Crippen LogP contribution in [-0.4, -0.2) is 77.6 Å². The zero-order valence-corrected chi connectivity index (χ0v) is 32.3. The third kappa shape index (κ3) is 16.0. The number of nitrogens with zero attached hydrogens (tertiary/aromatic N) is 5. The van der Waals surface area contributed by atoms with Crippen molar-refractivity contribution < 1.29 is 32.6 Å². The third-order valence-corrected chi connectivity index (χ3v) is 10.3. The van der Waals surface area contributed by atoms with E-state index in [1.165, 1.54) is 37.4 Å². The average Bonchev–Trinajstić information content (AvgIpc) is 3.10. The summed E-state index contributed by atoms with van der Waals surface area (Å²) in [7, 11) is 9.59. The van der Waals surface area contributed by atoms with E-state index in [9.17, 15) is 19.5 Å². The zero-order chi connectivity index (χ0) is 35.4. The van der Waals surface area contributed by atoms with Crippen LogP contribution in [0.5, 0.6) is 0 Å². The maximum absolute atomic E-state index is 12.8. The van der Waals surface area contributed by atoms with E-state index < -0.39 is 17.8 Å². The molecule has 2 bridgehead atoms. The molecular weight excluding hydrogens is 728 g/mol. The molecule has 2 unspecified atom stereocenters. The summed E-state index contributed by atoms with van der Waals surface area (Å²) in [6, 6.07) is 4.99. The Kier molecular flexibility index (Phi) is 20.8. The molecule has 2 aliphatic carbocycles. The Hall–Kier alpha value is -1.15. The van der Waals surface area contributed by atoms with Crippen molar-refractivity contribution >= 4 is 49.7 Å². The van der Waals surface area contributed by atoms with Gasteiger partial charge >= 0.3 is 39.3 Å². The van der Waals surface area contributed by atoms with Gasteiger partial charge in [0.15, 0.2) is 0 Å². The van der Waals surface area contributed by atoms with Crippen LogP contribution in [0.25, 0.3) is 21.3 Å². The van der Waals surface area contributed by atoms with Crippen molar-refractivity contribution in [2.24, 2.45) is 11.8 Å². The molecule has 0 spiro atoms. The van der Waals surface area contributed by atoms with Crippen LogP contribution >= 0.6 is 32.0 Å². The number of carbonyl (C=O) groups excluding carboxylic acids is 2. The molecule has 1 aromatic rings. The van der Waals surface area contributed by atoms with Crippen LogP contribution in [-0.2, 0) is 40.6 Å². The summed E-state index contributed by atoms with van der Waals surface area (Å²) in [5.74, 6) is -2.13. The Balaban J connectivity index is 0.00000209. The molecule has 0 aromatic carbocycles. The second-order valence-corrected chi connectivity index (χ2v) is 16.1. The molecule has 3 aliphatic rings. The molecule has 2 amide bonds. The molecule has 2 fully saturated rings. The monoisotopic (exact) mass is 780 g/mol. The van der Waals surface area contributed by atoms with Crippen molar-refractivity contribution in [3.05, 3.63) is 44.8 Å². The van der Waals surface area contributed by atoms with E-state index in [0.717, 1.165) is 67.9 Å². The van der Waals surface area contributed by atoms with E-state index in [2.05, 4.69) is 10.6 Å². The van der Waals surface area contributed by atoms with E-state index in [-0.39, 0.29) is 68.0 Å². The Bertz CT molecular complexity index is 1110. The van der Waals surface area contributed by atoms with Crippen molar-refractivity contribution in [2.45, 2.75) is 133 Å². The van der Waals surface area contributed by atoms with Gasteiger partial charge in [0.05, 0.1) is 18.3 Å². The van der Waals surface area contributed by atoms with E-state index in [4.69, 9.17) is 46.4 Å². The number of hydrogen-bond donors (Lipinski definition) is 3. The Morgan fingerprint density at radius 3 is 1.92 bits per heavy atom. The van der Waals surface area contributed by atoms with Gasteiger partial charge in [0.2, 0.25) is 11.8 Å². The first-order valence-corrected chi connectivity index (χ1v) is 21.9. The van der Waals surface area contributed by atoms with Gasteiger partial charge in [0.1, 0.15) is 0 Å². The normalized spacial score (nSPS) is 24.2. The number of amides is 2. The van der Waals surface area contributed by atoms with Crippen LogP contribution in [0.4, 0.5) is 0 Å². The predicted molar refractivity (Wildman–Crippen MR) is 195 cm³/mol. The van der Waals surface area contributed by atoms with Crippen molar-refractivity contribution in [3.63, 3.8) is 0 Å². The average molecular weight is 782 g/mol. The molecule has 2 saturated carbocycles. The van der Waals surface area contributed by atoms with Crippen molar-refractivity contribution in [1.82, 2.24) is 15.6 Å². The van der Waals surface area contributed by atoms with Crippen LogP contribution in [0.15, 0.2) is 17.0 Å². The number of unbranched alkanes of at least 4 members (excludes halogenated alkanes) is 1. The van der Waals surface area contributed by atoms with E-state index in [1.807, 2.05) is 19.1 Å². The SMILES string of the molecule is CCCCC(CC(C)C(=O)O)C(=O)NCNC(=O)CSc1cc2nc(c1)C[N-][C@@H]1CCCC[C@H]1[N-]CC[N-][C@@H]1CCCC[C@H]1[N-]C2.[Cl][Mn][Cl]. The van der Waals surface area contributed by atoms with E-state index >= 15 is 0 Å². The molecule has 11 nitrogen and oxygen atoms in total. The van der Waals surface area contributed by atoms with Crippen molar-refractivity contribution in [1.29, 1.82) is 0 Å². The standard InChI is InChI=1S/C34H53N7O4S.2ClH.Mn/c1-3-4-9-24(16-23(2)34(44)45)33(43)40-22-39-32(42)21-46-27-17-25-19-37-30-12-7-5-10-28(30)35-14-15-36-29-11-6-8-13-31(29)38-20-26(18-27)41-25;;;/h17-18,23-24,28-31H,3-16,19-22H2,1-2H3,(H,39,42)(H,40,43)(H,44,45);2*1H;/q-4;;;+2/p-2/t23?,24?,28-,29-,30-,31-;;;/m1.../s1. The van der Waals surface area contributed by atoms with Crippen LogP contribution in [0.2, 0.25) is 0 Å².